The molecule has 2 aromatic rings. The van der Waals surface area contributed by atoms with E-state index in [0.29, 0.717) is 35.1 Å². The first-order chi connectivity index (χ1) is 12.3. The average Bonchev–Trinajstić information content (AvgIpc) is 3.08. The van der Waals surface area contributed by atoms with Gasteiger partial charge in [-0.3, -0.25) is 4.79 Å². The van der Waals surface area contributed by atoms with E-state index in [1.54, 1.807) is 36.4 Å². The molecule has 1 saturated heterocycles. The molecule has 1 aliphatic rings. The van der Waals surface area contributed by atoms with E-state index >= 15 is 0 Å². The zero-order chi connectivity index (χ0) is 18.9. The Balaban J connectivity index is 1.83. The van der Waals surface area contributed by atoms with Crippen LogP contribution in [0.4, 0.5) is 5.69 Å². The third-order valence-corrected chi connectivity index (χ3v) is 6.79. The smallest absolute Gasteiger partial charge is 0.243 e. The Morgan fingerprint density at radius 1 is 1.15 bits per heavy atom. The largest absolute Gasteiger partial charge is 0.323 e. The molecule has 0 spiro atoms. The molecule has 3 rings (SSSR count). The molecule has 0 aromatic heterocycles. The van der Waals surface area contributed by atoms with Gasteiger partial charge in [0.25, 0.3) is 0 Å². The van der Waals surface area contributed by atoms with Gasteiger partial charge in [0, 0.05) is 11.6 Å². The fourth-order valence-corrected chi connectivity index (χ4v) is 5.05. The maximum Gasteiger partial charge on any atom is 0.243 e. The fourth-order valence-electron chi connectivity index (χ4n) is 2.94. The molecule has 138 valence electrons. The van der Waals surface area contributed by atoms with Crippen LogP contribution in [0, 0.1) is 6.92 Å². The second-order valence-electron chi connectivity index (χ2n) is 6.20. The van der Waals surface area contributed by atoms with Crippen molar-refractivity contribution in [3.8, 4) is 0 Å². The van der Waals surface area contributed by atoms with Crippen LogP contribution < -0.4 is 5.32 Å². The Bertz CT molecular complexity index is 930. The quantitative estimate of drug-likeness (QED) is 0.821. The van der Waals surface area contributed by atoms with E-state index in [-0.39, 0.29) is 4.90 Å². The lowest BCUT2D eigenvalue weighted by Gasteiger charge is -2.23. The summed E-state index contributed by atoms with van der Waals surface area (Å²) in [6.45, 7) is 2.20. The number of hydrogen-bond acceptors (Lipinski definition) is 3. The summed E-state index contributed by atoms with van der Waals surface area (Å²) in [6, 6.07) is 10.6. The number of carbonyl (C=O) groups excluding carboxylic acids is 1. The first kappa shape index (κ1) is 19.2. The number of halogens is 2. The van der Waals surface area contributed by atoms with E-state index in [0.717, 1.165) is 5.56 Å². The summed E-state index contributed by atoms with van der Waals surface area (Å²) in [4.78, 5) is 12.9. The molecule has 1 aliphatic heterocycles. The molecule has 0 bridgehead atoms. The number of sulfonamides is 1. The Hall–Kier alpha value is -1.60. The molecule has 26 heavy (non-hydrogen) atoms. The van der Waals surface area contributed by atoms with E-state index in [9.17, 15) is 13.2 Å². The molecule has 1 N–H and O–H groups in total. The Labute approximate surface area is 163 Å². The van der Waals surface area contributed by atoms with Gasteiger partial charge in [-0.25, -0.2) is 8.42 Å². The molecule has 0 aliphatic carbocycles. The van der Waals surface area contributed by atoms with E-state index in [1.165, 1.54) is 10.4 Å². The van der Waals surface area contributed by atoms with E-state index in [4.69, 9.17) is 23.2 Å². The molecule has 1 amide bonds. The Morgan fingerprint density at radius 3 is 2.50 bits per heavy atom. The zero-order valence-electron chi connectivity index (χ0n) is 14.1. The first-order valence-electron chi connectivity index (χ1n) is 8.13. The molecular weight excluding hydrogens is 395 g/mol. The minimum absolute atomic E-state index is 0.187. The highest BCUT2D eigenvalue weighted by atomic mass is 35.5. The Morgan fingerprint density at radius 2 is 1.85 bits per heavy atom. The average molecular weight is 413 g/mol. The molecule has 8 heteroatoms. The van der Waals surface area contributed by atoms with Gasteiger partial charge in [-0.1, -0.05) is 40.9 Å². The van der Waals surface area contributed by atoms with Crippen LogP contribution in [0.25, 0.3) is 0 Å². The van der Waals surface area contributed by atoms with Crippen molar-refractivity contribution in [1.29, 1.82) is 0 Å². The molecule has 0 unspecified atom stereocenters. The van der Waals surface area contributed by atoms with E-state index in [1.807, 2.05) is 6.92 Å². The van der Waals surface area contributed by atoms with Gasteiger partial charge in [-0.2, -0.15) is 4.31 Å². The summed E-state index contributed by atoms with van der Waals surface area (Å²) in [6.07, 6.45) is 1.08. The Kier molecular flexibility index (Phi) is 5.58. The minimum Gasteiger partial charge on any atom is -0.323 e. The molecule has 0 saturated carbocycles. The third kappa shape index (κ3) is 3.88. The highest BCUT2D eigenvalue weighted by molar-refractivity contribution is 7.89. The van der Waals surface area contributed by atoms with Crippen molar-refractivity contribution in [2.75, 3.05) is 11.9 Å². The van der Waals surface area contributed by atoms with Crippen molar-refractivity contribution in [2.24, 2.45) is 0 Å². The summed E-state index contributed by atoms with van der Waals surface area (Å²) in [5, 5.41) is 3.46. The summed E-state index contributed by atoms with van der Waals surface area (Å²) in [5.41, 5.74) is 1.37. The number of nitrogens with zero attached hydrogens (tertiary/aromatic N) is 1. The van der Waals surface area contributed by atoms with E-state index in [2.05, 4.69) is 5.32 Å². The van der Waals surface area contributed by atoms with Gasteiger partial charge in [0.15, 0.2) is 0 Å². The highest BCUT2D eigenvalue weighted by Crippen LogP contribution is 2.29. The van der Waals surface area contributed by atoms with Crippen LogP contribution in [0.2, 0.25) is 10.0 Å². The summed E-state index contributed by atoms with van der Waals surface area (Å²) in [7, 11) is -3.74. The number of nitrogens with one attached hydrogen (secondary N) is 1. The second-order valence-corrected chi connectivity index (χ2v) is 8.93. The second kappa shape index (κ2) is 7.56. The monoisotopic (exact) mass is 412 g/mol. The summed E-state index contributed by atoms with van der Waals surface area (Å²) < 4.78 is 27.1. The first-order valence-corrected chi connectivity index (χ1v) is 10.3. The number of rotatable bonds is 4. The fraction of sp³-hybridized carbons (Fsp3) is 0.278. The van der Waals surface area contributed by atoms with Crippen molar-refractivity contribution >= 4 is 44.8 Å². The number of anilines is 1. The molecular formula is C18H18Cl2N2O3S. The van der Waals surface area contributed by atoms with Crippen molar-refractivity contribution in [3.05, 3.63) is 58.1 Å². The van der Waals surface area contributed by atoms with Crippen LogP contribution in [0.3, 0.4) is 0 Å². The molecule has 1 heterocycles. The number of amides is 1. The molecule has 1 fully saturated rings. The topological polar surface area (TPSA) is 66.5 Å². The van der Waals surface area contributed by atoms with Crippen LogP contribution >= 0.6 is 23.2 Å². The predicted octanol–water partition coefficient (Wildman–Crippen LogP) is 4.09. The van der Waals surface area contributed by atoms with Crippen LogP contribution in [0.5, 0.6) is 0 Å². The molecule has 1 atom stereocenters. The van der Waals surface area contributed by atoms with Crippen molar-refractivity contribution in [2.45, 2.75) is 30.7 Å². The highest BCUT2D eigenvalue weighted by Gasteiger charge is 2.39. The van der Waals surface area contributed by atoms with Gasteiger partial charge in [0.1, 0.15) is 6.04 Å². The molecule has 2 aromatic carbocycles. The predicted molar refractivity (Wildman–Crippen MR) is 103 cm³/mol. The molecule has 0 radical (unpaired) electrons. The lowest BCUT2D eigenvalue weighted by atomic mass is 10.2. The zero-order valence-corrected chi connectivity index (χ0v) is 16.4. The van der Waals surface area contributed by atoms with Gasteiger partial charge in [-0.05, 0) is 50.1 Å². The maximum atomic E-state index is 12.9. The van der Waals surface area contributed by atoms with Crippen LogP contribution in [-0.4, -0.2) is 31.2 Å². The van der Waals surface area contributed by atoms with Crippen molar-refractivity contribution in [3.63, 3.8) is 0 Å². The number of carbonyl (C=O) groups is 1. The van der Waals surface area contributed by atoms with Crippen LogP contribution in [-0.2, 0) is 14.8 Å². The standard InChI is InChI=1S/C18H18Cl2N2O3S/c1-12-4-7-14(8-5-12)26(24,25)22-10-2-3-17(22)18(23)21-16-9-6-13(19)11-15(16)20/h4-9,11,17H,2-3,10H2,1H3,(H,21,23)/t17-/m1/s1. The van der Waals surface area contributed by atoms with Crippen LogP contribution in [0.1, 0.15) is 18.4 Å². The van der Waals surface area contributed by atoms with E-state index < -0.39 is 22.0 Å². The molecule has 5 nitrogen and oxygen atoms in total. The lowest BCUT2D eigenvalue weighted by Crippen LogP contribution is -2.43. The van der Waals surface area contributed by atoms with Gasteiger partial charge < -0.3 is 5.32 Å². The van der Waals surface area contributed by atoms with Gasteiger partial charge in [0.2, 0.25) is 15.9 Å². The minimum atomic E-state index is -3.74. The van der Waals surface area contributed by atoms with Gasteiger partial charge in [-0.15, -0.1) is 0 Å². The van der Waals surface area contributed by atoms with Gasteiger partial charge in [0.05, 0.1) is 15.6 Å². The summed E-state index contributed by atoms with van der Waals surface area (Å²) in [5.74, 6) is -0.401. The lowest BCUT2D eigenvalue weighted by molar-refractivity contribution is -0.119. The normalized spacial score (nSPS) is 18.0. The number of aryl methyl sites for hydroxylation is 1. The SMILES string of the molecule is Cc1ccc(S(=O)(=O)N2CCC[C@@H]2C(=O)Nc2ccc(Cl)cc2Cl)cc1. The third-order valence-electron chi connectivity index (χ3n) is 4.32. The number of hydrogen-bond donors (Lipinski definition) is 1. The van der Waals surface area contributed by atoms with Gasteiger partial charge >= 0.3 is 0 Å². The van der Waals surface area contributed by atoms with Crippen molar-refractivity contribution in [1.82, 2.24) is 4.31 Å². The van der Waals surface area contributed by atoms with Crippen molar-refractivity contribution < 1.29 is 13.2 Å². The summed E-state index contributed by atoms with van der Waals surface area (Å²) >= 11 is 11.9. The number of benzene rings is 2. The van der Waals surface area contributed by atoms with Crippen LogP contribution in [0.15, 0.2) is 47.4 Å². The maximum absolute atomic E-state index is 12.9.